The Morgan fingerprint density at radius 1 is 1.25 bits per heavy atom. The first kappa shape index (κ1) is 21.0. The molecule has 1 aromatic heterocycles. The summed E-state index contributed by atoms with van der Waals surface area (Å²) in [7, 11) is -1.92. The Labute approximate surface area is 170 Å². The summed E-state index contributed by atoms with van der Waals surface area (Å²) in [5.74, 6) is -0.186. The minimum absolute atomic E-state index is 0.186. The first-order valence-electron chi connectivity index (χ1n) is 9.34. The summed E-state index contributed by atoms with van der Waals surface area (Å²) in [6.07, 6.45) is 0.581. The number of aryl methyl sites for hydroxylation is 2. The summed E-state index contributed by atoms with van der Waals surface area (Å²) in [4.78, 5) is 15.9. The third kappa shape index (κ3) is 4.30. The zero-order valence-corrected chi connectivity index (χ0v) is 18.1. The van der Waals surface area contributed by atoms with Crippen LogP contribution in [0.25, 0.3) is 0 Å². The van der Waals surface area contributed by atoms with E-state index in [4.69, 9.17) is 4.74 Å². The van der Waals surface area contributed by atoms with E-state index in [1.54, 1.807) is 35.4 Å². The summed E-state index contributed by atoms with van der Waals surface area (Å²) in [6.45, 7) is 5.89. The molecule has 0 aliphatic carbocycles. The number of carbonyl (C=O) groups is 1. The van der Waals surface area contributed by atoms with Crippen molar-refractivity contribution in [3.8, 4) is 0 Å². The maximum atomic E-state index is 13.2. The summed E-state index contributed by atoms with van der Waals surface area (Å²) >= 11 is 1.61. The van der Waals surface area contributed by atoms with E-state index in [1.165, 1.54) is 10.4 Å². The topological polar surface area (TPSA) is 66.9 Å². The van der Waals surface area contributed by atoms with Crippen LogP contribution in [0.2, 0.25) is 0 Å². The first-order valence-corrected chi connectivity index (χ1v) is 11.7. The van der Waals surface area contributed by atoms with Gasteiger partial charge in [0.25, 0.3) is 5.91 Å². The van der Waals surface area contributed by atoms with Crippen LogP contribution in [0.4, 0.5) is 0 Å². The third-order valence-corrected chi connectivity index (χ3v) is 7.97. The Balaban J connectivity index is 1.89. The number of thiophene rings is 1. The normalized spacial score (nSPS) is 15.5. The van der Waals surface area contributed by atoms with E-state index in [2.05, 4.69) is 0 Å². The van der Waals surface area contributed by atoms with Crippen LogP contribution in [0.3, 0.4) is 0 Å². The van der Waals surface area contributed by atoms with Crippen LogP contribution in [0, 0.1) is 6.92 Å². The largest absolute Gasteiger partial charge is 0.379 e. The molecule has 1 amide bonds. The van der Waals surface area contributed by atoms with Crippen molar-refractivity contribution in [2.75, 3.05) is 33.4 Å². The van der Waals surface area contributed by atoms with Gasteiger partial charge < -0.3 is 9.64 Å². The zero-order chi connectivity index (χ0) is 20.3. The number of rotatable bonds is 6. The molecular formula is C20H26N2O4S2. The number of amides is 1. The van der Waals surface area contributed by atoms with Crippen molar-refractivity contribution < 1.29 is 17.9 Å². The lowest BCUT2D eigenvalue weighted by atomic mass is 10.1. The van der Waals surface area contributed by atoms with Gasteiger partial charge in [0.15, 0.2) is 0 Å². The Kier molecular flexibility index (Phi) is 6.54. The summed E-state index contributed by atoms with van der Waals surface area (Å²) in [5.41, 5.74) is 2.27. The summed E-state index contributed by atoms with van der Waals surface area (Å²) in [6, 6.07) is 7.03. The van der Waals surface area contributed by atoms with E-state index in [0.29, 0.717) is 44.8 Å². The van der Waals surface area contributed by atoms with Gasteiger partial charge in [-0.15, -0.1) is 11.3 Å². The fraction of sp³-hybridized carbons (Fsp3) is 0.450. The molecule has 0 N–H and O–H groups in total. The van der Waals surface area contributed by atoms with Gasteiger partial charge in [0.2, 0.25) is 10.0 Å². The molecule has 1 fully saturated rings. The molecule has 152 valence electrons. The van der Waals surface area contributed by atoms with Crippen LogP contribution < -0.4 is 0 Å². The van der Waals surface area contributed by atoms with E-state index in [0.717, 1.165) is 16.0 Å². The Hall–Kier alpha value is -1.74. The predicted molar refractivity (Wildman–Crippen MR) is 110 cm³/mol. The lowest BCUT2D eigenvalue weighted by Gasteiger charge is -2.27. The van der Waals surface area contributed by atoms with Crippen LogP contribution in [0.1, 0.15) is 33.3 Å². The van der Waals surface area contributed by atoms with Crippen molar-refractivity contribution in [2.24, 2.45) is 0 Å². The van der Waals surface area contributed by atoms with Gasteiger partial charge in [-0.25, -0.2) is 8.42 Å². The van der Waals surface area contributed by atoms with Crippen LogP contribution in [0.5, 0.6) is 0 Å². The summed E-state index contributed by atoms with van der Waals surface area (Å²) in [5, 5.41) is 2.01. The third-order valence-electron chi connectivity index (χ3n) is 4.98. The van der Waals surface area contributed by atoms with Gasteiger partial charge in [-0.05, 0) is 48.1 Å². The quantitative estimate of drug-likeness (QED) is 0.718. The molecule has 0 unspecified atom stereocenters. The standard InChI is InChI=1S/C20H26N2O4S2/c1-4-16-5-6-17(20(23)21(3)14-18-15(2)7-12-27-18)13-19(16)28(24,25)22-8-10-26-11-9-22/h5-7,12-13H,4,8-11,14H2,1-3H3. The molecule has 6 nitrogen and oxygen atoms in total. The van der Waals surface area contributed by atoms with Gasteiger partial charge in [-0.2, -0.15) is 4.31 Å². The van der Waals surface area contributed by atoms with Gasteiger partial charge in [0, 0.05) is 30.6 Å². The van der Waals surface area contributed by atoms with E-state index >= 15 is 0 Å². The number of hydrogen-bond donors (Lipinski definition) is 0. The lowest BCUT2D eigenvalue weighted by molar-refractivity contribution is 0.0730. The monoisotopic (exact) mass is 422 g/mol. The minimum atomic E-state index is -3.66. The Morgan fingerprint density at radius 2 is 1.96 bits per heavy atom. The summed E-state index contributed by atoms with van der Waals surface area (Å²) < 4.78 is 33.0. The molecule has 0 saturated carbocycles. The predicted octanol–water partition coefficient (Wildman–Crippen LogP) is 2.91. The van der Waals surface area contributed by atoms with Gasteiger partial charge in [-0.1, -0.05) is 13.0 Å². The molecule has 1 aliphatic rings. The zero-order valence-electron chi connectivity index (χ0n) is 16.5. The highest BCUT2D eigenvalue weighted by atomic mass is 32.2. The van der Waals surface area contributed by atoms with Gasteiger partial charge in [0.1, 0.15) is 0 Å². The number of morpholine rings is 1. The van der Waals surface area contributed by atoms with E-state index in [1.807, 2.05) is 25.3 Å². The van der Waals surface area contributed by atoms with Crippen molar-refractivity contribution in [2.45, 2.75) is 31.7 Å². The van der Waals surface area contributed by atoms with Crippen LogP contribution in [-0.2, 0) is 27.7 Å². The fourth-order valence-corrected chi connectivity index (χ4v) is 5.91. The van der Waals surface area contributed by atoms with E-state index in [-0.39, 0.29) is 10.8 Å². The second kappa shape index (κ2) is 8.73. The van der Waals surface area contributed by atoms with Crippen molar-refractivity contribution >= 4 is 27.3 Å². The number of hydrogen-bond acceptors (Lipinski definition) is 5. The number of sulfonamides is 1. The van der Waals surface area contributed by atoms with Crippen molar-refractivity contribution in [3.63, 3.8) is 0 Å². The molecule has 0 radical (unpaired) electrons. The fourth-order valence-electron chi connectivity index (χ4n) is 3.22. The highest BCUT2D eigenvalue weighted by Crippen LogP contribution is 2.25. The molecular weight excluding hydrogens is 396 g/mol. The van der Waals surface area contributed by atoms with Crippen LogP contribution >= 0.6 is 11.3 Å². The van der Waals surface area contributed by atoms with Crippen LogP contribution in [0.15, 0.2) is 34.5 Å². The molecule has 2 aromatic rings. The molecule has 2 heterocycles. The number of carbonyl (C=O) groups excluding carboxylic acids is 1. The molecule has 1 saturated heterocycles. The van der Waals surface area contributed by atoms with Crippen molar-refractivity contribution in [3.05, 3.63) is 51.2 Å². The van der Waals surface area contributed by atoms with Gasteiger partial charge >= 0.3 is 0 Å². The number of benzene rings is 1. The van der Waals surface area contributed by atoms with Gasteiger partial charge in [0.05, 0.1) is 24.7 Å². The molecule has 8 heteroatoms. The van der Waals surface area contributed by atoms with E-state index in [9.17, 15) is 13.2 Å². The maximum absolute atomic E-state index is 13.2. The molecule has 0 atom stereocenters. The Bertz CT molecular complexity index is 947. The van der Waals surface area contributed by atoms with E-state index < -0.39 is 10.0 Å². The minimum Gasteiger partial charge on any atom is -0.379 e. The molecule has 0 bridgehead atoms. The number of nitrogens with zero attached hydrogens (tertiary/aromatic N) is 2. The first-order chi connectivity index (χ1) is 13.3. The Morgan fingerprint density at radius 3 is 2.57 bits per heavy atom. The number of ether oxygens (including phenoxy) is 1. The molecule has 28 heavy (non-hydrogen) atoms. The lowest BCUT2D eigenvalue weighted by Crippen LogP contribution is -2.41. The van der Waals surface area contributed by atoms with Crippen molar-refractivity contribution in [1.29, 1.82) is 0 Å². The second-order valence-electron chi connectivity index (χ2n) is 6.88. The molecule has 0 spiro atoms. The van der Waals surface area contributed by atoms with Crippen LogP contribution in [-0.4, -0.2) is 56.9 Å². The maximum Gasteiger partial charge on any atom is 0.253 e. The average Bonchev–Trinajstić information content (AvgIpc) is 3.12. The highest BCUT2D eigenvalue weighted by molar-refractivity contribution is 7.89. The molecule has 1 aliphatic heterocycles. The van der Waals surface area contributed by atoms with Gasteiger partial charge in [-0.3, -0.25) is 4.79 Å². The average molecular weight is 423 g/mol. The highest BCUT2D eigenvalue weighted by Gasteiger charge is 2.29. The smallest absolute Gasteiger partial charge is 0.253 e. The van der Waals surface area contributed by atoms with Crippen molar-refractivity contribution in [1.82, 2.24) is 9.21 Å². The molecule has 1 aromatic carbocycles. The second-order valence-corrected chi connectivity index (χ2v) is 9.79. The molecule has 3 rings (SSSR count). The SMILES string of the molecule is CCc1ccc(C(=O)N(C)Cc2sccc2C)cc1S(=O)(=O)N1CCOCC1.